The molecule has 2 aromatic heterocycles. The number of nitrogens with zero attached hydrogens (tertiary/aromatic N) is 6. The Labute approximate surface area is 195 Å². The van der Waals surface area contributed by atoms with Crippen molar-refractivity contribution >= 4 is 23.1 Å². The van der Waals surface area contributed by atoms with Crippen LogP contribution in [-0.2, 0) is 11.2 Å². The molecule has 3 heterocycles. The summed E-state index contributed by atoms with van der Waals surface area (Å²) >= 11 is 0. The van der Waals surface area contributed by atoms with E-state index in [2.05, 4.69) is 25.3 Å². The molecule has 0 unspecified atom stereocenters. The maximum Gasteiger partial charge on any atom is 0.224 e. The normalized spacial score (nSPS) is 18.0. The molecule has 0 atom stereocenters. The van der Waals surface area contributed by atoms with E-state index in [1.165, 1.54) is 37.7 Å². The maximum absolute atomic E-state index is 12.4. The van der Waals surface area contributed by atoms with Crippen LogP contribution >= 0.6 is 0 Å². The Balaban J connectivity index is 1.20. The predicted molar refractivity (Wildman–Crippen MR) is 130 cm³/mol. The van der Waals surface area contributed by atoms with Crippen LogP contribution < -0.4 is 10.2 Å². The van der Waals surface area contributed by atoms with Crippen molar-refractivity contribution in [3.05, 3.63) is 47.8 Å². The van der Waals surface area contributed by atoms with E-state index in [-0.39, 0.29) is 5.91 Å². The predicted octanol–water partition coefficient (Wildman–Crippen LogP) is 3.46. The topological polar surface area (TPSA) is 78.7 Å². The molecule has 33 heavy (non-hydrogen) atoms. The summed E-state index contributed by atoms with van der Waals surface area (Å²) in [4.78, 5) is 17.4. The zero-order valence-electron chi connectivity index (χ0n) is 19.4. The molecule has 1 aliphatic heterocycles. The van der Waals surface area contributed by atoms with Crippen LogP contribution in [0.15, 0.2) is 36.4 Å². The number of amides is 1. The van der Waals surface area contributed by atoms with Gasteiger partial charge in [-0.15, -0.1) is 15.3 Å². The van der Waals surface area contributed by atoms with Crippen LogP contribution in [0, 0.1) is 6.92 Å². The van der Waals surface area contributed by atoms with E-state index in [0.29, 0.717) is 24.3 Å². The third-order valence-corrected chi connectivity index (χ3v) is 6.95. The number of rotatable bonds is 6. The van der Waals surface area contributed by atoms with Crippen LogP contribution in [0.25, 0.3) is 5.65 Å². The van der Waals surface area contributed by atoms with E-state index >= 15 is 0 Å². The van der Waals surface area contributed by atoms with E-state index in [1.807, 2.05) is 43.3 Å². The fourth-order valence-corrected chi connectivity index (χ4v) is 5.00. The molecular weight excluding hydrogens is 414 g/mol. The minimum Gasteiger partial charge on any atom is -0.353 e. The summed E-state index contributed by atoms with van der Waals surface area (Å²) < 4.78 is 1.79. The fourth-order valence-electron chi connectivity index (χ4n) is 5.00. The molecule has 0 radical (unpaired) electrons. The van der Waals surface area contributed by atoms with Crippen molar-refractivity contribution in [1.29, 1.82) is 0 Å². The molecular formula is C25H33N7O. The Bertz CT molecular complexity index is 1080. The lowest BCUT2D eigenvalue weighted by Crippen LogP contribution is -2.51. The van der Waals surface area contributed by atoms with Gasteiger partial charge < -0.3 is 10.2 Å². The number of nitrogens with one attached hydrogen (secondary N) is 1. The highest BCUT2D eigenvalue weighted by Crippen LogP contribution is 2.24. The smallest absolute Gasteiger partial charge is 0.224 e. The first-order valence-corrected chi connectivity index (χ1v) is 12.2. The second-order valence-corrected chi connectivity index (χ2v) is 9.31. The standard InChI is InChI=1S/C25H33N7O/c1-19-7-9-20(10-8-19)26-25(33)14-13-23-28-27-22-11-12-24(29-32(22)23)31-17-15-30(16-18-31)21-5-3-2-4-6-21/h7-12,21H,2-6,13-18H2,1H3,(H,26,33). The fraction of sp³-hybridized carbons (Fsp3) is 0.520. The summed E-state index contributed by atoms with van der Waals surface area (Å²) in [5.74, 6) is 1.63. The number of fused-ring (bicyclic) bond motifs is 1. The quantitative estimate of drug-likeness (QED) is 0.624. The second-order valence-electron chi connectivity index (χ2n) is 9.31. The van der Waals surface area contributed by atoms with E-state index in [1.54, 1.807) is 4.52 Å². The van der Waals surface area contributed by atoms with Crippen LogP contribution in [0.4, 0.5) is 11.5 Å². The molecule has 1 saturated carbocycles. The highest BCUT2D eigenvalue weighted by atomic mass is 16.1. The van der Waals surface area contributed by atoms with Crippen molar-refractivity contribution in [3.63, 3.8) is 0 Å². The van der Waals surface area contributed by atoms with E-state index in [0.717, 1.165) is 43.7 Å². The van der Waals surface area contributed by atoms with Gasteiger partial charge in [-0.25, -0.2) is 0 Å². The van der Waals surface area contributed by atoms with Gasteiger partial charge in [-0.1, -0.05) is 37.0 Å². The van der Waals surface area contributed by atoms with Crippen LogP contribution in [0.3, 0.4) is 0 Å². The number of hydrogen-bond donors (Lipinski definition) is 1. The molecule has 1 N–H and O–H groups in total. The molecule has 0 bridgehead atoms. The zero-order valence-corrected chi connectivity index (χ0v) is 19.4. The van der Waals surface area contributed by atoms with E-state index < -0.39 is 0 Å². The number of hydrogen-bond acceptors (Lipinski definition) is 6. The first kappa shape index (κ1) is 21.8. The number of carbonyl (C=O) groups excluding carboxylic acids is 1. The van der Waals surface area contributed by atoms with Crippen molar-refractivity contribution in [3.8, 4) is 0 Å². The molecule has 8 nitrogen and oxygen atoms in total. The Morgan fingerprint density at radius 2 is 1.73 bits per heavy atom. The highest BCUT2D eigenvalue weighted by Gasteiger charge is 2.26. The SMILES string of the molecule is Cc1ccc(NC(=O)CCc2nnc3ccc(N4CCN(C5CCCCC5)CC4)nn23)cc1. The lowest BCUT2D eigenvalue weighted by atomic mass is 9.94. The average molecular weight is 448 g/mol. The van der Waals surface area contributed by atoms with Gasteiger partial charge in [-0.2, -0.15) is 4.52 Å². The minimum absolute atomic E-state index is 0.0365. The maximum atomic E-state index is 12.4. The number of benzene rings is 1. The van der Waals surface area contributed by atoms with Gasteiger partial charge >= 0.3 is 0 Å². The molecule has 5 rings (SSSR count). The molecule has 2 fully saturated rings. The van der Waals surface area contributed by atoms with Gasteiger partial charge in [0.15, 0.2) is 11.5 Å². The largest absolute Gasteiger partial charge is 0.353 e. The van der Waals surface area contributed by atoms with Crippen molar-refractivity contribution in [2.45, 2.75) is 57.9 Å². The lowest BCUT2D eigenvalue weighted by molar-refractivity contribution is -0.116. The van der Waals surface area contributed by atoms with Crippen LogP contribution in [0.2, 0.25) is 0 Å². The zero-order chi connectivity index (χ0) is 22.6. The molecule has 2 aliphatic rings. The van der Waals surface area contributed by atoms with Gasteiger partial charge in [0, 0.05) is 50.7 Å². The van der Waals surface area contributed by atoms with E-state index in [4.69, 9.17) is 5.10 Å². The third kappa shape index (κ3) is 5.16. The van der Waals surface area contributed by atoms with Gasteiger partial charge in [0.05, 0.1) is 0 Å². The summed E-state index contributed by atoms with van der Waals surface area (Å²) in [6.45, 7) is 6.20. The van der Waals surface area contributed by atoms with E-state index in [9.17, 15) is 4.79 Å². The molecule has 1 aliphatic carbocycles. The summed E-state index contributed by atoms with van der Waals surface area (Å²) in [5, 5.41) is 16.3. The third-order valence-electron chi connectivity index (χ3n) is 6.95. The van der Waals surface area contributed by atoms with Crippen LogP contribution in [0.1, 0.15) is 49.9 Å². The number of aromatic nitrogens is 4. The Morgan fingerprint density at radius 3 is 2.48 bits per heavy atom. The van der Waals surface area contributed by atoms with Gasteiger partial charge in [-0.05, 0) is 44.0 Å². The van der Waals surface area contributed by atoms with Gasteiger partial charge in [0.1, 0.15) is 5.82 Å². The monoisotopic (exact) mass is 447 g/mol. The number of aryl methyl sites for hydroxylation is 2. The lowest BCUT2D eigenvalue weighted by Gasteiger charge is -2.41. The minimum atomic E-state index is -0.0365. The number of anilines is 2. The van der Waals surface area contributed by atoms with Gasteiger partial charge in [-0.3, -0.25) is 9.69 Å². The van der Waals surface area contributed by atoms with Crippen LogP contribution in [0.5, 0.6) is 0 Å². The molecule has 8 heteroatoms. The van der Waals surface area contributed by atoms with Gasteiger partial charge in [0.2, 0.25) is 5.91 Å². The molecule has 174 valence electrons. The van der Waals surface area contributed by atoms with Crippen molar-refractivity contribution in [2.24, 2.45) is 0 Å². The average Bonchev–Trinajstić information content (AvgIpc) is 3.27. The molecule has 0 spiro atoms. The Hall–Kier alpha value is -3.00. The molecule has 3 aromatic rings. The van der Waals surface area contributed by atoms with Crippen molar-refractivity contribution < 1.29 is 4.79 Å². The van der Waals surface area contributed by atoms with Gasteiger partial charge in [0.25, 0.3) is 0 Å². The Morgan fingerprint density at radius 1 is 0.970 bits per heavy atom. The first-order chi connectivity index (χ1) is 16.2. The summed E-state index contributed by atoms with van der Waals surface area (Å²) in [5.41, 5.74) is 2.69. The number of piperazine rings is 1. The summed E-state index contributed by atoms with van der Waals surface area (Å²) in [7, 11) is 0. The highest BCUT2D eigenvalue weighted by molar-refractivity contribution is 5.90. The number of carbonyl (C=O) groups is 1. The van der Waals surface area contributed by atoms with Crippen molar-refractivity contribution in [2.75, 3.05) is 36.4 Å². The molecule has 1 saturated heterocycles. The van der Waals surface area contributed by atoms with Crippen molar-refractivity contribution in [1.82, 2.24) is 24.7 Å². The first-order valence-electron chi connectivity index (χ1n) is 12.2. The van der Waals surface area contributed by atoms with Crippen LogP contribution in [-0.4, -0.2) is 62.8 Å². The summed E-state index contributed by atoms with van der Waals surface area (Å²) in [6, 6.07) is 12.6. The molecule has 1 amide bonds. The Kier molecular flexibility index (Phi) is 6.53. The summed E-state index contributed by atoms with van der Waals surface area (Å²) in [6.07, 6.45) is 7.68. The second kappa shape index (κ2) is 9.87. The molecule has 1 aromatic carbocycles.